The van der Waals surface area contributed by atoms with Gasteiger partial charge in [-0.3, -0.25) is 0 Å². The van der Waals surface area contributed by atoms with Crippen molar-refractivity contribution < 1.29 is 27.4 Å². The number of halogens is 4. The molecule has 0 radical (unpaired) electrons. The number of hydrogen-bond acceptors (Lipinski definition) is 2. The van der Waals surface area contributed by atoms with Gasteiger partial charge in [0.15, 0.2) is 23.2 Å². The lowest BCUT2D eigenvalue weighted by molar-refractivity contribution is 0.282. The van der Waals surface area contributed by atoms with Gasteiger partial charge in [0.05, 0.1) is 13.2 Å². The second-order valence-electron chi connectivity index (χ2n) is 8.84. The van der Waals surface area contributed by atoms with Crippen LogP contribution in [0.25, 0.3) is 16.7 Å². The van der Waals surface area contributed by atoms with E-state index in [9.17, 15) is 17.6 Å². The average Bonchev–Trinajstić information content (AvgIpc) is 2.88. The zero-order valence-electron chi connectivity index (χ0n) is 19.6. The minimum absolute atomic E-state index is 0.0921. The third-order valence-corrected chi connectivity index (χ3v) is 6.64. The van der Waals surface area contributed by atoms with Crippen molar-refractivity contribution in [1.82, 2.24) is 0 Å². The fraction of sp³-hybridized carbons (Fsp3) is 0.310. The summed E-state index contributed by atoms with van der Waals surface area (Å²) in [4.78, 5) is 0. The first kappa shape index (κ1) is 25.0. The first-order chi connectivity index (χ1) is 16.9. The number of allylic oxidation sites excluding steroid dienone is 2. The van der Waals surface area contributed by atoms with Crippen molar-refractivity contribution in [3.05, 3.63) is 94.6 Å². The maximum Gasteiger partial charge on any atom is 0.201 e. The summed E-state index contributed by atoms with van der Waals surface area (Å²) >= 11 is 0. The molecule has 0 bridgehead atoms. The molecule has 184 valence electrons. The quantitative estimate of drug-likeness (QED) is 0.333. The SMILES string of the molecule is CCOc1ccc(C2=CCC(CCc3ccc(-c4ccc(CO)cc4)c(F)c3F)CC2)c(F)c1F. The zero-order valence-corrected chi connectivity index (χ0v) is 19.6. The summed E-state index contributed by atoms with van der Waals surface area (Å²) in [5.41, 5.74) is 2.77. The maximum atomic E-state index is 14.8. The lowest BCUT2D eigenvalue weighted by Gasteiger charge is -2.23. The molecule has 0 fully saturated rings. The molecular formula is C29H28F4O2. The first-order valence-corrected chi connectivity index (χ1v) is 11.9. The topological polar surface area (TPSA) is 29.5 Å². The monoisotopic (exact) mass is 484 g/mol. The summed E-state index contributed by atoms with van der Waals surface area (Å²) in [6, 6.07) is 12.9. The van der Waals surface area contributed by atoms with E-state index < -0.39 is 23.3 Å². The van der Waals surface area contributed by atoms with Gasteiger partial charge in [0, 0.05) is 11.1 Å². The standard InChI is InChI=1S/C29H28F4O2/c1-2-35-25-16-15-24(28(32)29(25)33)20-8-3-18(4-9-20)5-12-22-13-14-23(27(31)26(22)30)21-10-6-19(17-34)7-11-21/h6-8,10-11,13-16,18,34H,2-5,9,12,17H2,1H3. The van der Waals surface area contributed by atoms with Crippen LogP contribution in [0.2, 0.25) is 0 Å². The van der Waals surface area contributed by atoms with Gasteiger partial charge in [0.1, 0.15) is 0 Å². The Hall–Kier alpha value is -3.12. The van der Waals surface area contributed by atoms with Gasteiger partial charge < -0.3 is 9.84 Å². The molecule has 0 aliphatic heterocycles. The second kappa shape index (κ2) is 11.1. The molecule has 1 atom stereocenters. The molecule has 1 aliphatic rings. The highest BCUT2D eigenvalue weighted by Crippen LogP contribution is 2.36. The van der Waals surface area contributed by atoms with Crippen LogP contribution in [0, 0.1) is 29.2 Å². The fourth-order valence-electron chi connectivity index (χ4n) is 4.60. The van der Waals surface area contributed by atoms with Crippen molar-refractivity contribution in [2.45, 2.75) is 45.6 Å². The second-order valence-corrected chi connectivity index (χ2v) is 8.84. The Kier molecular flexibility index (Phi) is 7.91. The summed E-state index contributed by atoms with van der Waals surface area (Å²) < 4.78 is 63.4. The molecule has 2 nitrogen and oxygen atoms in total. The molecule has 1 N–H and O–H groups in total. The van der Waals surface area contributed by atoms with Gasteiger partial charge in [0.2, 0.25) is 5.82 Å². The number of aliphatic hydroxyl groups is 1. The van der Waals surface area contributed by atoms with Crippen LogP contribution < -0.4 is 4.74 Å². The van der Waals surface area contributed by atoms with E-state index in [0.717, 1.165) is 12.0 Å². The molecule has 4 rings (SSSR count). The molecule has 0 spiro atoms. The van der Waals surface area contributed by atoms with Crippen LogP contribution in [0.15, 0.2) is 54.6 Å². The molecule has 1 unspecified atom stereocenters. The van der Waals surface area contributed by atoms with Crippen molar-refractivity contribution in [3.8, 4) is 16.9 Å². The summed E-state index contributed by atoms with van der Waals surface area (Å²) in [6.45, 7) is 1.85. The average molecular weight is 485 g/mol. The van der Waals surface area contributed by atoms with Crippen molar-refractivity contribution in [2.75, 3.05) is 6.61 Å². The minimum atomic E-state index is -0.974. The predicted octanol–water partition coefficient (Wildman–Crippen LogP) is 7.62. The highest BCUT2D eigenvalue weighted by molar-refractivity contribution is 5.68. The molecule has 6 heteroatoms. The number of aryl methyl sites for hydroxylation is 1. The van der Waals surface area contributed by atoms with Gasteiger partial charge in [-0.1, -0.05) is 42.5 Å². The summed E-state index contributed by atoms with van der Waals surface area (Å²) in [5.74, 6) is -3.43. The summed E-state index contributed by atoms with van der Waals surface area (Å²) in [6.07, 6.45) is 5.01. The van der Waals surface area contributed by atoms with Gasteiger partial charge in [-0.2, -0.15) is 4.39 Å². The van der Waals surface area contributed by atoms with Crippen molar-refractivity contribution in [3.63, 3.8) is 0 Å². The van der Waals surface area contributed by atoms with E-state index in [1.54, 1.807) is 49.4 Å². The number of hydrogen-bond donors (Lipinski definition) is 1. The molecule has 0 amide bonds. The van der Waals surface area contributed by atoms with Crippen molar-refractivity contribution in [2.24, 2.45) is 5.92 Å². The predicted molar refractivity (Wildman–Crippen MR) is 129 cm³/mol. The normalized spacial score (nSPS) is 15.7. The number of benzene rings is 3. The first-order valence-electron chi connectivity index (χ1n) is 11.9. The largest absolute Gasteiger partial charge is 0.491 e. The van der Waals surface area contributed by atoms with Gasteiger partial charge in [-0.15, -0.1) is 0 Å². The molecule has 3 aromatic carbocycles. The third kappa shape index (κ3) is 5.43. The zero-order chi connectivity index (χ0) is 24.9. The third-order valence-electron chi connectivity index (χ3n) is 6.64. The van der Waals surface area contributed by atoms with Gasteiger partial charge in [-0.05, 0) is 79.3 Å². The van der Waals surface area contributed by atoms with Gasteiger partial charge >= 0.3 is 0 Å². The molecule has 0 aromatic heterocycles. The Morgan fingerprint density at radius 2 is 1.57 bits per heavy atom. The van der Waals surface area contributed by atoms with Crippen LogP contribution in [0.3, 0.4) is 0 Å². The minimum Gasteiger partial charge on any atom is -0.491 e. The maximum absolute atomic E-state index is 14.8. The van der Waals surface area contributed by atoms with E-state index in [2.05, 4.69) is 0 Å². The molecule has 0 heterocycles. The van der Waals surface area contributed by atoms with Crippen molar-refractivity contribution in [1.29, 1.82) is 0 Å². The fourth-order valence-corrected chi connectivity index (χ4v) is 4.60. The smallest absolute Gasteiger partial charge is 0.201 e. The Balaban J connectivity index is 1.40. The van der Waals surface area contributed by atoms with E-state index in [-0.39, 0.29) is 36.0 Å². The van der Waals surface area contributed by atoms with E-state index >= 15 is 0 Å². The number of ether oxygens (including phenoxy) is 1. The molecule has 1 aliphatic carbocycles. The van der Waals surface area contributed by atoms with E-state index in [0.29, 0.717) is 42.4 Å². The summed E-state index contributed by atoms with van der Waals surface area (Å²) in [7, 11) is 0. The Bertz CT molecular complexity index is 1220. The van der Waals surface area contributed by atoms with E-state index in [4.69, 9.17) is 9.84 Å². The Morgan fingerprint density at radius 1 is 0.857 bits per heavy atom. The van der Waals surface area contributed by atoms with Crippen LogP contribution in [0.1, 0.15) is 49.3 Å². The van der Waals surface area contributed by atoms with Gasteiger partial charge in [-0.25, -0.2) is 13.2 Å². The highest BCUT2D eigenvalue weighted by atomic mass is 19.2. The van der Waals surface area contributed by atoms with Crippen molar-refractivity contribution >= 4 is 5.57 Å². The lowest BCUT2D eigenvalue weighted by atomic mass is 9.83. The van der Waals surface area contributed by atoms with E-state index in [1.807, 2.05) is 6.08 Å². The molecule has 0 saturated heterocycles. The molecular weight excluding hydrogens is 456 g/mol. The van der Waals surface area contributed by atoms with E-state index in [1.165, 1.54) is 6.07 Å². The molecule has 35 heavy (non-hydrogen) atoms. The number of aliphatic hydroxyl groups excluding tert-OH is 1. The van der Waals surface area contributed by atoms with Crippen LogP contribution in [-0.4, -0.2) is 11.7 Å². The Labute approximate surface area is 202 Å². The molecule has 0 saturated carbocycles. The molecule has 3 aromatic rings. The number of rotatable bonds is 8. The van der Waals surface area contributed by atoms with Crippen LogP contribution in [0.5, 0.6) is 5.75 Å². The van der Waals surface area contributed by atoms with Crippen LogP contribution >= 0.6 is 0 Å². The van der Waals surface area contributed by atoms with Gasteiger partial charge in [0.25, 0.3) is 0 Å². The Morgan fingerprint density at radius 3 is 2.23 bits per heavy atom. The van der Waals surface area contributed by atoms with Crippen LogP contribution in [0.4, 0.5) is 17.6 Å². The lowest BCUT2D eigenvalue weighted by Crippen LogP contribution is -2.09. The highest BCUT2D eigenvalue weighted by Gasteiger charge is 2.22. The van der Waals surface area contributed by atoms with Crippen LogP contribution in [-0.2, 0) is 13.0 Å². The summed E-state index contributed by atoms with van der Waals surface area (Å²) in [5, 5.41) is 9.15.